The molecule has 0 aromatic heterocycles. The molecular formula is C24H21ClN4O4S. The molecule has 0 unspecified atom stereocenters. The van der Waals surface area contributed by atoms with Crippen molar-refractivity contribution in [2.24, 2.45) is 5.10 Å². The maximum absolute atomic E-state index is 12.8. The van der Waals surface area contributed by atoms with E-state index in [1.54, 1.807) is 24.3 Å². The van der Waals surface area contributed by atoms with Gasteiger partial charge in [-0.05, 0) is 35.4 Å². The smallest absolute Gasteiger partial charge is 0.269 e. The van der Waals surface area contributed by atoms with Crippen LogP contribution >= 0.6 is 23.4 Å². The first-order chi connectivity index (χ1) is 16.4. The number of rotatable bonds is 10. The van der Waals surface area contributed by atoms with Crippen molar-refractivity contribution >= 4 is 47.1 Å². The third kappa shape index (κ3) is 7.72. The number of benzene rings is 3. The topological polar surface area (TPSA) is 114 Å². The predicted molar refractivity (Wildman–Crippen MR) is 134 cm³/mol. The molecule has 0 aliphatic heterocycles. The van der Waals surface area contributed by atoms with Gasteiger partial charge in [0.25, 0.3) is 17.5 Å². The number of thioether (sulfide) groups is 1. The Hall–Kier alpha value is -3.69. The number of hydrogen-bond acceptors (Lipinski definition) is 6. The molecule has 0 spiro atoms. The molecule has 0 fully saturated rings. The van der Waals surface area contributed by atoms with Crippen LogP contribution in [0.1, 0.15) is 21.5 Å². The second kappa shape index (κ2) is 12.5. The molecule has 0 heterocycles. The summed E-state index contributed by atoms with van der Waals surface area (Å²) in [5.74, 6) is -0.0415. The van der Waals surface area contributed by atoms with Gasteiger partial charge in [0.05, 0.1) is 11.1 Å². The summed E-state index contributed by atoms with van der Waals surface area (Å²) in [6.07, 6.45) is 1.47. The van der Waals surface area contributed by atoms with Crippen LogP contribution in [0.2, 0.25) is 5.02 Å². The van der Waals surface area contributed by atoms with Crippen LogP contribution in [-0.2, 0) is 10.5 Å². The van der Waals surface area contributed by atoms with Gasteiger partial charge in [-0.1, -0.05) is 54.1 Å². The zero-order chi connectivity index (χ0) is 24.3. The number of nitrogens with zero attached hydrogens (tertiary/aromatic N) is 2. The summed E-state index contributed by atoms with van der Waals surface area (Å²) in [5, 5.41) is 18.1. The summed E-state index contributed by atoms with van der Waals surface area (Å²) in [6, 6.07) is 21.0. The van der Waals surface area contributed by atoms with Crippen LogP contribution in [0, 0.1) is 10.1 Å². The zero-order valence-electron chi connectivity index (χ0n) is 17.9. The highest BCUT2D eigenvalue weighted by Gasteiger charge is 2.22. The van der Waals surface area contributed by atoms with Gasteiger partial charge in [0.15, 0.2) is 0 Å². The molecule has 8 nitrogen and oxygen atoms in total. The van der Waals surface area contributed by atoms with Gasteiger partial charge in [0.2, 0.25) is 0 Å². The Bertz CT molecular complexity index is 1160. The van der Waals surface area contributed by atoms with E-state index in [2.05, 4.69) is 15.8 Å². The van der Waals surface area contributed by atoms with Gasteiger partial charge in [0, 0.05) is 34.2 Å². The molecule has 1 atom stereocenters. The lowest BCUT2D eigenvalue weighted by atomic mass is 10.2. The van der Waals surface area contributed by atoms with Gasteiger partial charge in [-0.2, -0.15) is 16.9 Å². The number of carbonyl (C=O) groups is 2. The van der Waals surface area contributed by atoms with E-state index >= 15 is 0 Å². The summed E-state index contributed by atoms with van der Waals surface area (Å²) < 4.78 is 0. The van der Waals surface area contributed by atoms with Crippen LogP contribution in [0.15, 0.2) is 84.0 Å². The Balaban J connectivity index is 1.65. The van der Waals surface area contributed by atoms with Crippen LogP contribution < -0.4 is 10.7 Å². The molecule has 3 rings (SSSR count). The van der Waals surface area contributed by atoms with Gasteiger partial charge >= 0.3 is 0 Å². The van der Waals surface area contributed by atoms with Gasteiger partial charge in [-0.3, -0.25) is 19.7 Å². The minimum Gasteiger partial charge on any atom is -0.339 e. The summed E-state index contributed by atoms with van der Waals surface area (Å²) in [4.78, 5) is 35.7. The number of halogens is 1. The van der Waals surface area contributed by atoms with E-state index < -0.39 is 22.8 Å². The second-order valence-corrected chi connectivity index (χ2v) is 8.58. The molecule has 0 radical (unpaired) electrons. The fraction of sp³-hybridized carbons (Fsp3) is 0.125. The minimum atomic E-state index is -0.876. The van der Waals surface area contributed by atoms with E-state index in [9.17, 15) is 19.7 Å². The molecule has 0 bridgehead atoms. The number of amides is 2. The van der Waals surface area contributed by atoms with Crippen molar-refractivity contribution in [2.45, 2.75) is 11.8 Å². The highest BCUT2D eigenvalue weighted by molar-refractivity contribution is 7.98. The summed E-state index contributed by atoms with van der Waals surface area (Å²) >= 11 is 7.35. The Kier molecular flexibility index (Phi) is 9.19. The monoisotopic (exact) mass is 496 g/mol. The largest absolute Gasteiger partial charge is 0.339 e. The Morgan fingerprint density at radius 2 is 1.71 bits per heavy atom. The number of nitrogens with one attached hydrogen (secondary N) is 2. The molecule has 10 heteroatoms. The lowest BCUT2D eigenvalue weighted by Gasteiger charge is -2.17. The maximum Gasteiger partial charge on any atom is 0.269 e. The van der Waals surface area contributed by atoms with Gasteiger partial charge in [0.1, 0.15) is 6.04 Å². The van der Waals surface area contributed by atoms with Crippen molar-refractivity contribution in [1.29, 1.82) is 0 Å². The first-order valence-corrected chi connectivity index (χ1v) is 11.7. The number of non-ortho nitro benzene ring substituents is 1. The maximum atomic E-state index is 12.8. The fourth-order valence-electron chi connectivity index (χ4n) is 2.83. The summed E-state index contributed by atoms with van der Waals surface area (Å²) in [6.45, 7) is 0. The standard InChI is InChI=1S/C24H21ClN4O4S/c25-20-10-6-17(7-11-20)14-26-28-24(31)22(16-34-15-18-4-2-1-3-5-18)27-23(30)19-8-12-21(13-9-19)29(32)33/h1-14,22H,15-16H2,(H,27,30)(H,28,31)/b26-14-/t22-/m0/s1. The van der Waals surface area contributed by atoms with Crippen LogP contribution in [0.4, 0.5) is 5.69 Å². The minimum absolute atomic E-state index is 0.124. The normalized spacial score (nSPS) is 11.7. The van der Waals surface area contributed by atoms with Gasteiger partial charge < -0.3 is 5.32 Å². The van der Waals surface area contributed by atoms with Crippen LogP contribution in [0.3, 0.4) is 0 Å². The Morgan fingerprint density at radius 3 is 2.35 bits per heavy atom. The molecule has 0 aliphatic carbocycles. The van der Waals surface area contributed by atoms with Crippen LogP contribution in [0.25, 0.3) is 0 Å². The summed E-state index contributed by atoms with van der Waals surface area (Å²) in [7, 11) is 0. The van der Waals surface area contributed by atoms with E-state index in [-0.39, 0.29) is 11.3 Å². The first kappa shape index (κ1) is 24.9. The van der Waals surface area contributed by atoms with Crippen molar-refractivity contribution in [3.63, 3.8) is 0 Å². The van der Waals surface area contributed by atoms with Crippen molar-refractivity contribution in [2.75, 3.05) is 5.75 Å². The highest BCUT2D eigenvalue weighted by Crippen LogP contribution is 2.15. The van der Waals surface area contributed by atoms with Gasteiger partial charge in [-0.15, -0.1) is 0 Å². The highest BCUT2D eigenvalue weighted by atomic mass is 35.5. The predicted octanol–water partition coefficient (Wildman–Crippen LogP) is 4.43. The molecule has 0 saturated carbocycles. The average molecular weight is 497 g/mol. The number of hydrazone groups is 1. The first-order valence-electron chi connectivity index (χ1n) is 10.2. The van der Waals surface area contributed by atoms with E-state index in [0.717, 1.165) is 11.1 Å². The Morgan fingerprint density at radius 1 is 1.03 bits per heavy atom. The number of nitro groups is 1. The molecule has 0 aliphatic rings. The van der Waals surface area contributed by atoms with Crippen molar-refractivity contribution in [3.05, 3.63) is 111 Å². The van der Waals surface area contributed by atoms with E-state index in [1.807, 2.05) is 30.3 Å². The zero-order valence-corrected chi connectivity index (χ0v) is 19.5. The lowest BCUT2D eigenvalue weighted by Crippen LogP contribution is -2.47. The second-order valence-electron chi connectivity index (χ2n) is 7.12. The van der Waals surface area contributed by atoms with E-state index in [4.69, 9.17) is 11.6 Å². The van der Waals surface area contributed by atoms with Gasteiger partial charge in [-0.25, -0.2) is 5.43 Å². The molecule has 3 aromatic rings. The molecule has 3 aromatic carbocycles. The SMILES string of the molecule is O=C(N[C@@H](CSCc1ccccc1)C(=O)N/N=C\c1ccc(Cl)cc1)c1ccc([N+](=O)[O-])cc1. The molecule has 2 N–H and O–H groups in total. The average Bonchev–Trinajstić information content (AvgIpc) is 2.85. The summed E-state index contributed by atoms with van der Waals surface area (Å²) in [5.41, 5.74) is 4.38. The Labute approximate surface area is 205 Å². The third-order valence-electron chi connectivity index (χ3n) is 4.62. The molecule has 2 amide bonds. The van der Waals surface area contributed by atoms with Crippen molar-refractivity contribution in [1.82, 2.24) is 10.7 Å². The molecular weight excluding hydrogens is 476 g/mol. The molecule has 0 saturated heterocycles. The van der Waals surface area contributed by atoms with Crippen molar-refractivity contribution in [3.8, 4) is 0 Å². The number of hydrogen-bond donors (Lipinski definition) is 2. The van der Waals surface area contributed by atoms with E-state index in [1.165, 1.54) is 42.2 Å². The molecule has 34 heavy (non-hydrogen) atoms. The quantitative estimate of drug-likeness (QED) is 0.245. The lowest BCUT2D eigenvalue weighted by molar-refractivity contribution is -0.384. The fourth-order valence-corrected chi connectivity index (χ4v) is 3.97. The number of nitro benzene ring substituents is 1. The van der Waals surface area contributed by atoms with Crippen LogP contribution in [0.5, 0.6) is 0 Å². The third-order valence-corrected chi connectivity index (χ3v) is 5.98. The van der Waals surface area contributed by atoms with Crippen molar-refractivity contribution < 1.29 is 14.5 Å². The van der Waals surface area contributed by atoms with E-state index in [0.29, 0.717) is 16.5 Å². The molecule has 174 valence electrons. The number of carbonyl (C=O) groups excluding carboxylic acids is 2. The van der Waals surface area contributed by atoms with Crippen LogP contribution in [-0.4, -0.2) is 34.7 Å².